The van der Waals surface area contributed by atoms with Crippen LogP contribution in [0.5, 0.6) is 0 Å². The lowest BCUT2D eigenvalue weighted by Gasteiger charge is -2.61. The highest BCUT2D eigenvalue weighted by Gasteiger charge is 2.60. The topological polar surface area (TPSA) is 46.2 Å². The number of fused-ring (bicyclic) bond motifs is 5. The molecule has 0 saturated heterocycles. The Morgan fingerprint density at radius 2 is 1.61 bits per heavy atom. The van der Waals surface area contributed by atoms with E-state index in [0.29, 0.717) is 22.8 Å². The molecule has 2 heteroatoms. The van der Waals surface area contributed by atoms with Gasteiger partial charge in [-0.25, -0.2) is 0 Å². The second kappa shape index (κ2) is 5.46. The first kappa shape index (κ1) is 16.4. The second-order valence-corrected chi connectivity index (χ2v) is 10.2. The normalized spacial score (nSPS) is 57.3. The molecule has 0 aromatic heterocycles. The molecule has 4 fully saturated rings. The van der Waals surface area contributed by atoms with Crippen LogP contribution in [0, 0.1) is 40.4 Å². The fourth-order valence-corrected chi connectivity index (χ4v) is 8.12. The van der Waals surface area contributed by atoms with Crippen LogP contribution in [-0.4, -0.2) is 17.3 Å². The molecule has 0 heterocycles. The Balaban J connectivity index is 1.60. The van der Waals surface area contributed by atoms with E-state index in [4.69, 9.17) is 5.73 Å². The minimum atomic E-state index is -0.124. The summed E-state index contributed by atoms with van der Waals surface area (Å²) in [6.45, 7) is 7.17. The molecule has 0 aliphatic heterocycles. The van der Waals surface area contributed by atoms with Gasteiger partial charge in [-0.1, -0.05) is 13.8 Å². The maximum absolute atomic E-state index is 10.3. The van der Waals surface area contributed by atoms with E-state index in [2.05, 4.69) is 13.8 Å². The fraction of sp³-hybridized carbons (Fsp3) is 1.00. The molecule has 0 radical (unpaired) electrons. The van der Waals surface area contributed by atoms with Crippen molar-refractivity contribution in [1.29, 1.82) is 0 Å². The van der Waals surface area contributed by atoms with Gasteiger partial charge in [0, 0.05) is 6.04 Å². The standard InChI is InChI=1S/C21H37NO/c1-13(23)17-6-7-18-16-5-4-14-12-15(22)8-10-20(14,2)19(16)9-11-21(17,18)3/h13-19,23H,4-12,22H2,1-3H3/t13-,14-,15+,16-,17+,18-,19-,20-,21+/m0/s1. The Labute approximate surface area is 142 Å². The molecule has 9 atom stereocenters. The van der Waals surface area contributed by atoms with Crippen LogP contribution < -0.4 is 5.73 Å². The summed E-state index contributed by atoms with van der Waals surface area (Å²) in [5.74, 6) is 4.14. The molecule has 4 saturated carbocycles. The van der Waals surface area contributed by atoms with Crippen LogP contribution in [0.3, 0.4) is 0 Å². The van der Waals surface area contributed by atoms with Gasteiger partial charge in [-0.3, -0.25) is 0 Å². The van der Waals surface area contributed by atoms with E-state index in [9.17, 15) is 5.11 Å². The number of aliphatic hydroxyl groups excluding tert-OH is 1. The summed E-state index contributed by atoms with van der Waals surface area (Å²) in [7, 11) is 0. The van der Waals surface area contributed by atoms with Crippen molar-refractivity contribution in [1.82, 2.24) is 0 Å². The van der Waals surface area contributed by atoms with Gasteiger partial charge in [0.15, 0.2) is 0 Å². The average Bonchev–Trinajstić information content (AvgIpc) is 2.85. The van der Waals surface area contributed by atoms with Crippen LogP contribution in [0.2, 0.25) is 0 Å². The highest BCUT2D eigenvalue weighted by Crippen LogP contribution is 2.67. The molecule has 4 aliphatic carbocycles. The molecular weight excluding hydrogens is 282 g/mol. The molecule has 3 N–H and O–H groups in total. The smallest absolute Gasteiger partial charge is 0.0545 e. The van der Waals surface area contributed by atoms with Gasteiger partial charge >= 0.3 is 0 Å². The van der Waals surface area contributed by atoms with Crippen molar-refractivity contribution in [2.75, 3.05) is 0 Å². The second-order valence-electron chi connectivity index (χ2n) is 10.2. The summed E-state index contributed by atoms with van der Waals surface area (Å²) in [5.41, 5.74) is 7.26. The van der Waals surface area contributed by atoms with Crippen molar-refractivity contribution in [2.24, 2.45) is 46.2 Å². The fourth-order valence-electron chi connectivity index (χ4n) is 8.12. The maximum atomic E-state index is 10.3. The molecule has 0 aromatic carbocycles. The van der Waals surface area contributed by atoms with Gasteiger partial charge in [0.05, 0.1) is 6.10 Å². The highest BCUT2D eigenvalue weighted by molar-refractivity contribution is 5.09. The van der Waals surface area contributed by atoms with E-state index < -0.39 is 0 Å². The SMILES string of the molecule is C[C@H](O)[C@H]1CC[C@H]2[C@@H]3CC[C@H]4C[C@H](N)CC[C@]4(C)[C@H]3CC[C@]12C. The lowest BCUT2D eigenvalue weighted by atomic mass is 9.44. The molecular formula is C21H37NO. The summed E-state index contributed by atoms with van der Waals surface area (Å²) in [4.78, 5) is 0. The van der Waals surface area contributed by atoms with E-state index >= 15 is 0 Å². The summed E-state index contributed by atoms with van der Waals surface area (Å²) in [6, 6.07) is 0.463. The molecule has 0 spiro atoms. The molecule has 2 nitrogen and oxygen atoms in total. The monoisotopic (exact) mass is 319 g/mol. The van der Waals surface area contributed by atoms with Crippen molar-refractivity contribution < 1.29 is 5.11 Å². The summed E-state index contributed by atoms with van der Waals surface area (Å²) in [5, 5.41) is 10.3. The van der Waals surface area contributed by atoms with E-state index in [1.54, 1.807) is 0 Å². The predicted octanol–water partition coefficient (Wildman–Crippen LogP) is 4.35. The van der Waals surface area contributed by atoms with E-state index in [0.717, 1.165) is 23.7 Å². The Morgan fingerprint density at radius 3 is 2.35 bits per heavy atom. The highest BCUT2D eigenvalue weighted by atomic mass is 16.3. The molecule has 4 aliphatic rings. The molecule has 0 aromatic rings. The van der Waals surface area contributed by atoms with Gasteiger partial charge in [-0.2, -0.15) is 0 Å². The van der Waals surface area contributed by atoms with Crippen LogP contribution in [0.25, 0.3) is 0 Å². The number of rotatable bonds is 1. The quantitative estimate of drug-likeness (QED) is 0.754. The Morgan fingerprint density at radius 1 is 0.913 bits per heavy atom. The summed E-state index contributed by atoms with van der Waals surface area (Å²) >= 11 is 0. The Kier molecular flexibility index (Phi) is 3.89. The molecule has 0 bridgehead atoms. The molecule has 132 valence electrons. The van der Waals surface area contributed by atoms with Gasteiger partial charge in [0.25, 0.3) is 0 Å². The Hall–Kier alpha value is -0.0800. The third-order valence-electron chi connectivity index (χ3n) is 9.36. The molecule has 4 rings (SSSR count). The molecule has 0 amide bonds. The first-order valence-corrected chi connectivity index (χ1v) is 10.3. The van der Waals surface area contributed by atoms with Crippen molar-refractivity contribution >= 4 is 0 Å². The predicted molar refractivity (Wildman–Crippen MR) is 94.9 cm³/mol. The van der Waals surface area contributed by atoms with Gasteiger partial charge in [0.2, 0.25) is 0 Å². The number of hydrogen-bond acceptors (Lipinski definition) is 2. The lowest BCUT2D eigenvalue weighted by Crippen LogP contribution is -2.55. The maximum Gasteiger partial charge on any atom is 0.0545 e. The van der Waals surface area contributed by atoms with Crippen LogP contribution in [0.15, 0.2) is 0 Å². The number of nitrogens with two attached hydrogens (primary N) is 1. The number of aliphatic hydroxyl groups is 1. The van der Waals surface area contributed by atoms with Crippen molar-refractivity contribution in [3.05, 3.63) is 0 Å². The molecule has 0 unspecified atom stereocenters. The molecule has 23 heavy (non-hydrogen) atoms. The Bertz CT molecular complexity index is 463. The number of hydrogen-bond donors (Lipinski definition) is 2. The van der Waals surface area contributed by atoms with Gasteiger partial charge in [0.1, 0.15) is 0 Å². The van der Waals surface area contributed by atoms with E-state index in [1.165, 1.54) is 57.8 Å². The van der Waals surface area contributed by atoms with E-state index in [-0.39, 0.29) is 6.10 Å². The van der Waals surface area contributed by atoms with Gasteiger partial charge in [-0.05, 0) is 105 Å². The lowest BCUT2D eigenvalue weighted by molar-refractivity contribution is -0.120. The minimum absolute atomic E-state index is 0.124. The summed E-state index contributed by atoms with van der Waals surface area (Å²) in [6.07, 6.45) is 12.0. The minimum Gasteiger partial charge on any atom is -0.393 e. The van der Waals surface area contributed by atoms with Crippen molar-refractivity contribution in [2.45, 2.75) is 90.7 Å². The zero-order valence-corrected chi connectivity index (χ0v) is 15.4. The van der Waals surface area contributed by atoms with Gasteiger partial charge < -0.3 is 10.8 Å². The summed E-state index contributed by atoms with van der Waals surface area (Å²) < 4.78 is 0. The zero-order chi connectivity index (χ0) is 16.4. The third kappa shape index (κ3) is 2.27. The van der Waals surface area contributed by atoms with Crippen LogP contribution in [0.4, 0.5) is 0 Å². The first-order chi connectivity index (χ1) is 10.9. The van der Waals surface area contributed by atoms with Crippen LogP contribution in [-0.2, 0) is 0 Å². The van der Waals surface area contributed by atoms with Gasteiger partial charge in [-0.15, -0.1) is 0 Å². The third-order valence-corrected chi connectivity index (χ3v) is 9.36. The van der Waals surface area contributed by atoms with Crippen molar-refractivity contribution in [3.63, 3.8) is 0 Å². The zero-order valence-electron chi connectivity index (χ0n) is 15.4. The van der Waals surface area contributed by atoms with Crippen LogP contribution in [0.1, 0.15) is 78.6 Å². The first-order valence-electron chi connectivity index (χ1n) is 10.3. The largest absolute Gasteiger partial charge is 0.393 e. The van der Waals surface area contributed by atoms with E-state index in [1.807, 2.05) is 6.92 Å². The van der Waals surface area contributed by atoms with Crippen molar-refractivity contribution in [3.8, 4) is 0 Å². The van der Waals surface area contributed by atoms with Crippen LogP contribution >= 0.6 is 0 Å². The average molecular weight is 320 g/mol.